The molecule has 0 saturated carbocycles. The summed E-state index contributed by atoms with van der Waals surface area (Å²) in [5.41, 5.74) is 5.92. The monoisotopic (exact) mass is 542 g/mol. The van der Waals surface area contributed by atoms with E-state index in [4.69, 9.17) is 23.7 Å². The third-order valence-corrected chi connectivity index (χ3v) is 6.25. The van der Waals surface area contributed by atoms with Crippen molar-refractivity contribution in [3.05, 3.63) is 47.5 Å². The molecule has 1 amide bonds. The molecule has 3 N–H and O–H groups in total. The zero-order chi connectivity index (χ0) is 27.6. The molecule has 0 bridgehead atoms. The highest BCUT2D eigenvalue weighted by Gasteiger charge is 2.28. The number of rotatable bonds is 9. The summed E-state index contributed by atoms with van der Waals surface area (Å²) in [5.74, 6) is -0.223. The highest BCUT2D eigenvalue weighted by molar-refractivity contribution is 6.02. The normalized spacial score (nSPS) is 17.2. The third kappa shape index (κ3) is 8.30. The average molecular weight is 543 g/mol. The molecule has 0 spiro atoms. The van der Waals surface area contributed by atoms with E-state index in [9.17, 15) is 9.59 Å². The van der Waals surface area contributed by atoms with Gasteiger partial charge in [-0.15, -0.1) is 0 Å². The Hall–Kier alpha value is -3.38. The molecule has 212 valence electrons. The third-order valence-electron chi connectivity index (χ3n) is 6.25. The maximum Gasteiger partial charge on any atom is 0.325 e. The number of ether oxygens (including phenoxy) is 5. The molecule has 0 radical (unpaired) electrons. The first-order valence-electron chi connectivity index (χ1n) is 13.3. The molecule has 3 heterocycles. The number of fused-ring (bicyclic) bond motifs is 1. The van der Waals surface area contributed by atoms with Crippen molar-refractivity contribution < 1.29 is 33.3 Å². The summed E-state index contributed by atoms with van der Waals surface area (Å²) in [6.45, 7) is 10.2. The van der Waals surface area contributed by atoms with Gasteiger partial charge in [0, 0.05) is 0 Å². The number of esters is 1. The predicted molar refractivity (Wildman–Crippen MR) is 148 cm³/mol. The Morgan fingerprint density at radius 3 is 2.33 bits per heavy atom. The number of hydrogen-bond acceptors (Lipinski definition) is 10. The number of carbonyl (C=O) groups is 2. The number of nitrogens with zero attached hydrogens (tertiary/aromatic N) is 1. The first kappa shape index (κ1) is 28.6. The van der Waals surface area contributed by atoms with Crippen LogP contribution >= 0.6 is 0 Å². The molecule has 11 nitrogen and oxygen atoms in total. The lowest BCUT2D eigenvalue weighted by Crippen LogP contribution is -2.44. The molecule has 2 saturated heterocycles. The summed E-state index contributed by atoms with van der Waals surface area (Å²) >= 11 is 0. The average Bonchev–Trinajstić information content (AvgIpc) is 3.64. The number of amides is 1. The van der Waals surface area contributed by atoms with Crippen LogP contribution in [0.5, 0.6) is 0 Å². The minimum atomic E-state index is -0.305. The summed E-state index contributed by atoms with van der Waals surface area (Å²) < 4.78 is 26.5. The number of carbonyl (C=O) groups excluding carboxylic acids is 2. The first-order chi connectivity index (χ1) is 18.9. The zero-order valence-corrected chi connectivity index (χ0v) is 22.8. The van der Waals surface area contributed by atoms with Crippen LogP contribution in [-0.4, -0.2) is 83.7 Å². The number of hydrogen-bond donors (Lipinski definition) is 3. The van der Waals surface area contributed by atoms with Gasteiger partial charge in [-0.1, -0.05) is 12.1 Å². The van der Waals surface area contributed by atoms with Crippen LogP contribution in [0.3, 0.4) is 0 Å². The zero-order valence-electron chi connectivity index (χ0n) is 22.8. The lowest BCUT2D eigenvalue weighted by atomic mass is 10.1. The number of nitrogens with one attached hydrogen (secondary N) is 3. The summed E-state index contributed by atoms with van der Waals surface area (Å²) in [6, 6.07) is 12.0. The van der Waals surface area contributed by atoms with Gasteiger partial charge in [0.2, 0.25) is 5.91 Å². The lowest BCUT2D eigenvalue weighted by Gasteiger charge is -2.31. The molecule has 5 rings (SSSR count). The molecular weight excluding hydrogens is 504 g/mol. The van der Waals surface area contributed by atoms with Gasteiger partial charge in [0.25, 0.3) is 0 Å². The maximum absolute atomic E-state index is 12.0. The van der Waals surface area contributed by atoms with Crippen molar-refractivity contribution in [1.82, 2.24) is 0 Å². The Kier molecular flexibility index (Phi) is 10.4. The highest BCUT2D eigenvalue weighted by atomic mass is 16.7. The van der Waals surface area contributed by atoms with E-state index in [1.54, 1.807) is 11.8 Å². The predicted octanol–water partition coefficient (Wildman–Crippen LogP) is 2.88. The standard InChI is InChI=1S/C15H22N2O4.C13H16N2O3/c1-3-19-14(18)9-16-12-5-4-11(2)8-13(12)17-10-15-20-6-7-21-15;1-9-2-3-10-11(6-9)15(12(16)7-14-10)8-13-17-4-5-18-13/h4-5,8,15-17H,3,6-7,9-10H2,1-2H3;2-3,6,13-14H,4-5,7-8H2,1H3. The fourth-order valence-corrected chi connectivity index (χ4v) is 4.33. The van der Waals surface area contributed by atoms with Crippen molar-refractivity contribution in [2.75, 3.05) is 80.1 Å². The van der Waals surface area contributed by atoms with Crippen LogP contribution in [0.1, 0.15) is 18.1 Å². The first-order valence-corrected chi connectivity index (χ1v) is 13.3. The van der Waals surface area contributed by atoms with Crippen molar-refractivity contribution in [2.24, 2.45) is 0 Å². The molecule has 11 heteroatoms. The van der Waals surface area contributed by atoms with Crippen molar-refractivity contribution in [3.8, 4) is 0 Å². The summed E-state index contributed by atoms with van der Waals surface area (Å²) in [5, 5.41) is 9.49. The lowest BCUT2D eigenvalue weighted by molar-refractivity contribution is -0.140. The Labute approximate surface area is 229 Å². The van der Waals surface area contributed by atoms with Crippen LogP contribution in [0.4, 0.5) is 22.7 Å². The minimum absolute atomic E-state index is 0.0483. The molecule has 0 aliphatic carbocycles. The van der Waals surface area contributed by atoms with E-state index in [0.717, 1.165) is 33.9 Å². The Balaban J connectivity index is 0.000000183. The molecule has 2 aromatic rings. The van der Waals surface area contributed by atoms with Crippen LogP contribution in [0.2, 0.25) is 0 Å². The topological polar surface area (TPSA) is 120 Å². The van der Waals surface area contributed by atoms with Crippen LogP contribution in [0, 0.1) is 13.8 Å². The minimum Gasteiger partial charge on any atom is -0.465 e. The van der Waals surface area contributed by atoms with E-state index in [2.05, 4.69) is 16.0 Å². The molecule has 39 heavy (non-hydrogen) atoms. The van der Waals surface area contributed by atoms with Crippen molar-refractivity contribution in [2.45, 2.75) is 33.4 Å². The number of aryl methyl sites for hydroxylation is 2. The Morgan fingerprint density at radius 1 is 0.949 bits per heavy atom. The number of anilines is 4. The SMILES string of the molecule is CCOC(=O)CNc1ccc(C)cc1NCC1OCCO1.Cc1ccc2c(c1)N(CC1OCCO1)C(=O)CN2. The number of benzene rings is 2. The van der Waals surface area contributed by atoms with Gasteiger partial charge >= 0.3 is 5.97 Å². The molecule has 3 aliphatic rings. The molecule has 0 atom stereocenters. The van der Waals surface area contributed by atoms with Gasteiger partial charge < -0.3 is 44.5 Å². The quantitative estimate of drug-likeness (QED) is 0.408. The molecular formula is C28H38N4O7. The second-order valence-corrected chi connectivity index (χ2v) is 9.31. The van der Waals surface area contributed by atoms with Gasteiger partial charge in [-0.2, -0.15) is 0 Å². The summed E-state index contributed by atoms with van der Waals surface area (Å²) in [7, 11) is 0. The molecule has 0 aromatic heterocycles. The second kappa shape index (κ2) is 14.1. The van der Waals surface area contributed by atoms with Crippen molar-refractivity contribution in [3.63, 3.8) is 0 Å². The fraction of sp³-hybridized carbons (Fsp3) is 0.500. The molecule has 2 fully saturated rings. The van der Waals surface area contributed by atoms with E-state index in [0.29, 0.717) is 52.7 Å². The van der Waals surface area contributed by atoms with E-state index in [1.165, 1.54) is 0 Å². The van der Waals surface area contributed by atoms with Gasteiger partial charge in [0.1, 0.15) is 6.54 Å². The maximum atomic E-state index is 12.0. The largest absolute Gasteiger partial charge is 0.465 e. The van der Waals surface area contributed by atoms with Gasteiger partial charge in [0.05, 0.1) is 75.4 Å². The summed E-state index contributed by atoms with van der Waals surface area (Å²) in [4.78, 5) is 25.2. The van der Waals surface area contributed by atoms with Crippen molar-refractivity contribution in [1.29, 1.82) is 0 Å². The van der Waals surface area contributed by atoms with Gasteiger partial charge in [0.15, 0.2) is 12.6 Å². The molecule has 0 unspecified atom stereocenters. The summed E-state index contributed by atoms with van der Waals surface area (Å²) in [6.07, 6.45) is -0.524. The Morgan fingerprint density at radius 2 is 1.62 bits per heavy atom. The van der Waals surface area contributed by atoms with Gasteiger partial charge in [-0.25, -0.2) is 0 Å². The van der Waals surface area contributed by atoms with Crippen molar-refractivity contribution >= 4 is 34.6 Å². The van der Waals surface area contributed by atoms with Crippen LogP contribution in [-0.2, 0) is 33.3 Å². The van der Waals surface area contributed by atoms with Crippen LogP contribution in [0.15, 0.2) is 36.4 Å². The second-order valence-electron chi connectivity index (χ2n) is 9.31. The van der Waals surface area contributed by atoms with Gasteiger partial charge in [-0.3, -0.25) is 9.59 Å². The van der Waals surface area contributed by atoms with E-state index in [1.807, 2.05) is 50.2 Å². The van der Waals surface area contributed by atoms with Crippen LogP contribution < -0.4 is 20.9 Å². The molecule has 3 aliphatic heterocycles. The Bertz CT molecular complexity index is 1120. The van der Waals surface area contributed by atoms with E-state index >= 15 is 0 Å². The highest BCUT2D eigenvalue weighted by Crippen LogP contribution is 2.31. The van der Waals surface area contributed by atoms with Crippen LogP contribution in [0.25, 0.3) is 0 Å². The van der Waals surface area contributed by atoms with Gasteiger partial charge in [-0.05, 0) is 56.2 Å². The smallest absolute Gasteiger partial charge is 0.325 e. The van der Waals surface area contributed by atoms with E-state index < -0.39 is 0 Å². The van der Waals surface area contributed by atoms with E-state index in [-0.39, 0.29) is 31.0 Å². The fourth-order valence-electron chi connectivity index (χ4n) is 4.33. The molecule has 2 aromatic carbocycles.